The lowest BCUT2D eigenvalue weighted by molar-refractivity contribution is -0.124. The highest BCUT2D eigenvalue weighted by atomic mass is 16.6. The maximum Gasteiger partial charge on any atom is 0.407 e. The number of carbonyl (C=O) groups is 2. The van der Waals surface area contributed by atoms with E-state index in [2.05, 4.69) is 10.6 Å². The molecule has 2 amide bonds. The molecule has 1 aliphatic heterocycles. The first-order chi connectivity index (χ1) is 10.1. The molecular formula is C14H18N2O5. The maximum atomic E-state index is 11.6. The average molecular weight is 294 g/mol. The third-order valence-electron chi connectivity index (χ3n) is 3.01. The number of nitrogens with one attached hydrogen (secondary N) is 2. The van der Waals surface area contributed by atoms with Crippen molar-refractivity contribution in [3.05, 3.63) is 35.9 Å². The summed E-state index contributed by atoms with van der Waals surface area (Å²) in [5.41, 5.74) is 0.864. The van der Waals surface area contributed by atoms with E-state index in [1.165, 1.54) is 0 Å². The van der Waals surface area contributed by atoms with Gasteiger partial charge in [0, 0.05) is 0 Å². The third kappa shape index (κ3) is 5.05. The molecule has 7 nitrogen and oxygen atoms in total. The highest BCUT2D eigenvalue weighted by Gasteiger charge is 2.27. The molecule has 7 heteroatoms. The zero-order valence-corrected chi connectivity index (χ0v) is 11.5. The Morgan fingerprint density at radius 2 is 2.10 bits per heavy atom. The van der Waals surface area contributed by atoms with Gasteiger partial charge in [0.15, 0.2) is 6.29 Å². The van der Waals surface area contributed by atoms with Gasteiger partial charge in [-0.05, 0) is 12.0 Å². The van der Waals surface area contributed by atoms with Gasteiger partial charge in [-0.3, -0.25) is 4.79 Å². The summed E-state index contributed by atoms with van der Waals surface area (Å²) in [6, 6.07) is 8.80. The molecule has 0 aromatic heterocycles. The van der Waals surface area contributed by atoms with Gasteiger partial charge < -0.3 is 25.2 Å². The highest BCUT2D eigenvalue weighted by Crippen LogP contribution is 2.10. The Labute approximate surface area is 122 Å². The van der Waals surface area contributed by atoms with Crippen molar-refractivity contribution in [1.29, 1.82) is 0 Å². The summed E-state index contributed by atoms with van der Waals surface area (Å²) < 4.78 is 9.87. The minimum atomic E-state index is -0.987. The van der Waals surface area contributed by atoms with Gasteiger partial charge in [-0.15, -0.1) is 0 Å². The van der Waals surface area contributed by atoms with Gasteiger partial charge in [-0.25, -0.2) is 4.79 Å². The number of rotatable bonds is 5. The van der Waals surface area contributed by atoms with Crippen LogP contribution in [0.5, 0.6) is 0 Å². The van der Waals surface area contributed by atoms with E-state index in [0.717, 1.165) is 5.56 Å². The number of carbonyl (C=O) groups excluding carboxylic acids is 2. The fourth-order valence-electron chi connectivity index (χ4n) is 1.90. The number of amides is 2. The Kier molecular flexibility index (Phi) is 5.53. The topological polar surface area (TPSA) is 96.9 Å². The van der Waals surface area contributed by atoms with Gasteiger partial charge in [0.25, 0.3) is 0 Å². The number of aliphatic hydroxyl groups is 1. The molecular weight excluding hydrogens is 276 g/mol. The lowest BCUT2D eigenvalue weighted by Crippen LogP contribution is -2.45. The van der Waals surface area contributed by atoms with Crippen LogP contribution in [0.4, 0.5) is 4.79 Å². The number of hydrogen-bond donors (Lipinski definition) is 3. The number of benzene rings is 1. The summed E-state index contributed by atoms with van der Waals surface area (Å²) in [6.07, 6.45) is -1.11. The molecule has 2 rings (SSSR count). The molecule has 1 aromatic carbocycles. The van der Waals surface area contributed by atoms with E-state index in [9.17, 15) is 14.7 Å². The van der Waals surface area contributed by atoms with Crippen molar-refractivity contribution in [2.24, 2.45) is 0 Å². The summed E-state index contributed by atoms with van der Waals surface area (Å²) in [6.45, 7) is 0.332. The Morgan fingerprint density at radius 3 is 2.76 bits per heavy atom. The second-order valence-electron chi connectivity index (χ2n) is 4.64. The summed E-state index contributed by atoms with van der Waals surface area (Å²) in [7, 11) is 0. The van der Waals surface area contributed by atoms with E-state index in [1.54, 1.807) is 0 Å². The van der Waals surface area contributed by atoms with E-state index in [-0.39, 0.29) is 13.2 Å². The fourth-order valence-corrected chi connectivity index (χ4v) is 1.90. The largest absolute Gasteiger partial charge is 0.445 e. The molecule has 1 unspecified atom stereocenters. The van der Waals surface area contributed by atoms with Crippen molar-refractivity contribution in [3.8, 4) is 0 Å². The van der Waals surface area contributed by atoms with E-state index < -0.39 is 24.3 Å². The Morgan fingerprint density at radius 1 is 1.33 bits per heavy atom. The minimum Gasteiger partial charge on any atom is -0.445 e. The van der Waals surface area contributed by atoms with E-state index in [4.69, 9.17) is 9.47 Å². The predicted octanol–water partition coefficient (Wildman–Crippen LogP) is 0.136. The van der Waals surface area contributed by atoms with Crippen molar-refractivity contribution in [3.63, 3.8) is 0 Å². The highest BCUT2D eigenvalue weighted by molar-refractivity contribution is 5.82. The second-order valence-corrected chi connectivity index (χ2v) is 4.64. The van der Waals surface area contributed by atoms with E-state index >= 15 is 0 Å². The zero-order valence-electron chi connectivity index (χ0n) is 11.5. The van der Waals surface area contributed by atoms with Crippen LogP contribution in [0.25, 0.3) is 0 Å². The molecule has 0 radical (unpaired) electrons. The summed E-state index contributed by atoms with van der Waals surface area (Å²) in [5, 5.41) is 14.3. The lowest BCUT2D eigenvalue weighted by atomic mass is 10.2. The molecule has 1 heterocycles. The monoisotopic (exact) mass is 294 g/mol. The molecule has 0 spiro atoms. The minimum absolute atomic E-state index is 0.142. The first-order valence-electron chi connectivity index (χ1n) is 6.69. The molecule has 1 aromatic rings. The first kappa shape index (κ1) is 15.3. The quantitative estimate of drug-likeness (QED) is 0.717. The molecule has 21 heavy (non-hydrogen) atoms. The first-order valence-corrected chi connectivity index (χ1v) is 6.69. The number of ether oxygens (including phenoxy) is 2. The Balaban J connectivity index is 1.63. The fraction of sp³-hybridized carbons (Fsp3) is 0.429. The summed E-state index contributed by atoms with van der Waals surface area (Å²) in [5.74, 6) is -0.402. The van der Waals surface area contributed by atoms with Crippen molar-refractivity contribution in [2.45, 2.75) is 25.4 Å². The maximum absolute atomic E-state index is 11.6. The number of alkyl carbamates (subject to hydrolysis) is 1. The van der Waals surface area contributed by atoms with Crippen LogP contribution >= 0.6 is 0 Å². The van der Waals surface area contributed by atoms with E-state index in [1.807, 2.05) is 30.3 Å². The standard InChI is InChI=1S/C14H18N2O5/c17-12(16-11-6-7-20-13(11)18)8-15-14(19)21-9-10-4-2-1-3-5-10/h1-5,11,13,18H,6-9H2,(H,15,19)(H,16,17)/t11-,13?/m0/s1. The third-order valence-corrected chi connectivity index (χ3v) is 3.01. The molecule has 1 fully saturated rings. The van der Waals surface area contributed by atoms with Crippen molar-refractivity contribution >= 4 is 12.0 Å². The van der Waals surface area contributed by atoms with Crippen LogP contribution in [-0.4, -0.2) is 42.6 Å². The van der Waals surface area contributed by atoms with Gasteiger partial charge in [0.2, 0.25) is 5.91 Å². The van der Waals surface area contributed by atoms with Crippen LogP contribution in [0.15, 0.2) is 30.3 Å². The van der Waals surface area contributed by atoms with Gasteiger partial charge in [-0.1, -0.05) is 30.3 Å². The second kappa shape index (κ2) is 7.61. The normalized spacial score (nSPS) is 20.8. The van der Waals surface area contributed by atoms with Crippen LogP contribution in [0.2, 0.25) is 0 Å². The number of aliphatic hydroxyl groups excluding tert-OH is 1. The summed E-state index contributed by atoms with van der Waals surface area (Å²) >= 11 is 0. The molecule has 3 N–H and O–H groups in total. The van der Waals surface area contributed by atoms with Crippen LogP contribution in [-0.2, 0) is 20.9 Å². The SMILES string of the molecule is O=C(CNC(=O)OCc1ccccc1)N[C@H]1CCOC1O. The Hall–Kier alpha value is -2.12. The van der Waals surface area contributed by atoms with Crippen molar-refractivity contribution in [2.75, 3.05) is 13.2 Å². The molecule has 1 saturated heterocycles. The number of hydrogen-bond acceptors (Lipinski definition) is 5. The molecule has 2 atom stereocenters. The average Bonchev–Trinajstić information content (AvgIpc) is 2.89. The Bertz CT molecular complexity index is 480. The van der Waals surface area contributed by atoms with Crippen LogP contribution in [0.1, 0.15) is 12.0 Å². The summed E-state index contributed by atoms with van der Waals surface area (Å²) in [4.78, 5) is 23.0. The van der Waals surface area contributed by atoms with Gasteiger partial charge in [-0.2, -0.15) is 0 Å². The smallest absolute Gasteiger partial charge is 0.407 e. The molecule has 0 saturated carbocycles. The van der Waals surface area contributed by atoms with Crippen molar-refractivity contribution < 1.29 is 24.2 Å². The lowest BCUT2D eigenvalue weighted by Gasteiger charge is -2.15. The predicted molar refractivity (Wildman–Crippen MR) is 73.1 cm³/mol. The van der Waals surface area contributed by atoms with Crippen LogP contribution in [0.3, 0.4) is 0 Å². The molecule has 1 aliphatic rings. The molecule has 0 bridgehead atoms. The van der Waals surface area contributed by atoms with Gasteiger partial charge in [0.1, 0.15) is 13.2 Å². The van der Waals surface area contributed by atoms with Crippen LogP contribution in [0, 0.1) is 0 Å². The van der Waals surface area contributed by atoms with Gasteiger partial charge in [0.05, 0.1) is 12.6 Å². The van der Waals surface area contributed by atoms with Crippen LogP contribution < -0.4 is 10.6 Å². The van der Waals surface area contributed by atoms with Gasteiger partial charge >= 0.3 is 6.09 Å². The van der Waals surface area contributed by atoms with Crippen molar-refractivity contribution in [1.82, 2.24) is 10.6 Å². The molecule has 114 valence electrons. The van der Waals surface area contributed by atoms with E-state index in [0.29, 0.717) is 13.0 Å². The molecule has 0 aliphatic carbocycles. The zero-order chi connectivity index (χ0) is 15.1.